The quantitative estimate of drug-likeness (QED) is 0.796. The van der Waals surface area contributed by atoms with Crippen LogP contribution in [0.5, 0.6) is 0 Å². The Morgan fingerprint density at radius 2 is 2.32 bits per heavy atom. The van der Waals surface area contributed by atoms with Crippen LogP contribution in [0.3, 0.4) is 0 Å². The van der Waals surface area contributed by atoms with Crippen LogP contribution in [0.4, 0.5) is 0 Å². The van der Waals surface area contributed by atoms with Crippen LogP contribution in [0.25, 0.3) is 11.0 Å². The molecule has 3 rings (SSSR count). The van der Waals surface area contributed by atoms with Gasteiger partial charge in [0.05, 0.1) is 17.6 Å². The number of carboxylic acid groups (broad SMARTS) is 1. The average Bonchev–Trinajstić information content (AvgIpc) is 2.98. The van der Waals surface area contributed by atoms with Crippen molar-refractivity contribution in [1.29, 1.82) is 0 Å². The van der Waals surface area contributed by atoms with E-state index in [9.17, 15) is 9.90 Å². The number of hydrogen-bond acceptors (Lipinski definition) is 4. The van der Waals surface area contributed by atoms with Crippen molar-refractivity contribution in [3.63, 3.8) is 0 Å². The number of thiazole rings is 1. The van der Waals surface area contributed by atoms with Crippen molar-refractivity contribution >= 4 is 28.3 Å². The number of carboxylic acids is 1. The molecule has 0 atom stereocenters. The predicted octanol–water partition coefficient (Wildman–Crippen LogP) is 2.55. The third kappa shape index (κ3) is 2.00. The number of para-hydroxylation sites is 1. The summed E-state index contributed by atoms with van der Waals surface area (Å²) in [7, 11) is 0. The maximum atomic E-state index is 11.2. The highest BCUT2D eigenvalue weighted by atomic mass is 32.1. The summed E-state index contributed by atoms with van der Waals surface area (Å²) in [6.07, 6.45) is 1.76. The summed E-state index contributed by atoms with van der Waals surface area (Å²) in [5.41, 5.74) is 1.59. The van der Waals surface area contributed by atoms with Crippen molar-refractivity contribution in [2.75, 3.05) is 0 Å². The molecule has 3 aromatic rings. The maximum Gasteiger partial charge on any atom is 0.337 e. The van der Waals surface area contributed by atoms with E-state index in [2.05, 4.69) is 9.97 Å². The van der Waals surface area contributed by atoms with Crippen LogP contribution in [-0.4, -0.2) is 25.6 Å². The summed E-state index contributed by atoms with van der Waals surface area (Å²) < 4.78 is 1.99. The maximum absolute atomic E-state index is 11.2. The summed E-state index contributed by atoms with van der Waals surface area (Å²) in [5.74, 6) is -0.164. The Morgan fingerprint density at radius 1 is 1.47 bits per heavy atom. The molecule has 0 spiro atoms. The minimum Gasteiger partial charge on any atom is -0.478 e. The van der Waals surface area contributed by atoms with Crippen LogP contribution in [0.2, 0.25) is 0 Å². The topological polar surface area (TPSA) is 68.0 Å². The number of aryl methyl sites for hydroxylation is 1. The Hall–Kier alpha value is -2.21. The summed E-state index contributed by atoms with van der Waals surface area (Å²) in [6.45, 7) is 2.49. The van der Waals surface area contributed by atoms with Crippen LogP contribution in [0, 0.1) is 6.92 Å². The fraction of sp³-hybridized carbons (Fsp3) is 0.154. The highest BCUT2D eigenvalue weighted by Crippen LogP contribution is 2.21. The smallest absolute Gasteiger partial charge is 0.337 e. The van der Waals surface area contributed by atoms with Crippen molar-refractivity contribution in [3.8, 4) is 0 Å². The van der Waals surface area contributed by atoms with Crippen LogP contribution >= 0.6 is 11.3 Å². The molecule has 2 heterocycles. The minimum atomic E-state index is -0.954. The van der Waals surface area contributed by atoms with Gasteiger partial charge >= 0.3 is 5.97 Å². The molecule has 0 saturated carbocycles. The molecule has 0 aliphatic heterocycles. The fourth-order valence-corrected chi connectivity index (χ4v) is 2.71. The number of aromatic carboxylic acids is 1. The molecule has 5 nitrogen and oxygen atoms in total. The van der Waals surface area contributed by atoms with E-state index in [1.165, 1.54) is 0 Å². The van der Waals surface area contributed by atoms with Crippen molar-refractivity contribution in [3.05, 3.63) is 46.2 Å². The Kier molecular flexibility index (Phi) is 2.79. The molecule has 19 heavy (non-hydrogen) atoms. The zero-order valence-electron chi connectivity index (χ0n) is 10.2. The predicted molar refractivity (Wildman–Crippen MR) is 72.6 cm³/mol. The number of hydrogen-bond donors (Lipinski definition) is 1. The molecule has 0 amide bonds. The van der Waals surface area contributed by atoms with E-state index >= 15 is 0 Å². The molecule has 0 saturated heterocycles. The van der Waals surface area contributed by atoms with Crippen molar-refractivity contribution in [1.82, 2.24) is 14.5 Å². The van der Waals surface area contributed by atoms with E-state index in [0.29, 0.717) is 12.1 Å². The molecule has 0 aliphatic rings. The first-order valence-corrected chi connectivity index (χ1v) is 6.62. The third-order valence-corrected chi connectivity index (χ3v) is 3.74. The van der Waals surface area contributed by atoms with Crippen LogP contribution < -0.4 is 0 Å². The lowest BCUT2D eigenvalue weighted by atomic mass is 10.2. The Bertz CT molecular complexity index is 747. The van der Waals surface area contributed by atoms with E-state index in [-0.39, 0.29) is 5.56 Å². The number of imidazole rings is 1. The Balaban J connectivity index is 2.17. The number of fused-ring (bicyclic) bond motifs is 1. The van der Waals surface area contributed by atoms with Crippen LogP contribution in [-0.2, 0) is 6.54 Å². The van der Waals surface area contributed by atoms with Gasteiger partial charge in [0.25, 0.3) is 0 Å². The zero-order valence-corrected chi connectivity index (χ0v) is 11.0. The van der Waals surface area contributed by atoms with Gasteiger partial charge in [-0.2, -0.15) is 0 Å². The second-order valence-corrected chi connectivity index (χ2v) is 5.13. The molecule has 1 N–H and O–H groups in total. The molecule has 0 aliphatic carbocycles. The molecular weight excluding hydrogens is 262 g/mol. The second-order valence-electron chi connectivity index (χ2n) is 4.15. The highest BCUT2D eigenvalue weighted by molar-refractivity contribution is 7.09. The van der Waals surface area contributed by atoms with Crippen molar-refractivity contribution in [2.45, 2.75) is 13.5 Å². The first kappa shape index (κ1) is 11.9. The fourth-order valence-electron chi connectivity index (χ4n) is 2.10. The lowest BCUT2D eigenvalue weighted by Gasteiger charge is -2.04. The SMILES string of the molecule is Cc1nc2c(C(=O)O)cccc2n1Cc1nccs1. The molecule has 2 aromatic heterocycles. The second kappa shape index (κ2) is 4.47. The number of benzene rings is 1. The van der Waals surface area contributed by atoms with Gasteiger partial charge < -0.3 is 9.67 Å². The number of carbonyl (C=O) groups is 1. The summed E-state index contributed by atoms with van der Waals surface area (Å²) in [5, 5.41) is 12.1. The Labute approximate surface area is 113 Å². The van der Waals surface area contributed by atoms with E-state index in [1.807, 2.05) is 22.9 Å². The third-order valence-electron chi connectivity index (χ3n) is 2.98. The lowest BCUT2D eigenvalue weighted by molar-refractivity contribution is 0.0699. The van der Waals surface area contributed by atoms with E-state index < -0.39 is 5.97 Å². The van der Waals surface area contributed by atoms with Gasteiger partial charge in [-0.15, -0.1) is 11.3 Å². The van der Waals surface area contributed by atoms with E-state index in [1.54, 1.807) is 29.7 Å². The van der Waals surface area contributed by atoms with Gasteiger partial charge in [0, 0.05) is 11.6 Å². The summed E-state index contributed by atoms with van der Waals surface area (Å²) >= 11 is 1.57. The van der Waals surface area contributed by atoms with Crippen LogP contribution in [0.1, 0.15) is 21.2 Å². The largest absolute Gasteiger partial charge is 0.478 e. The standard InChI is InChI=1S/C13H11N3O2S/c1-8-15-12-9(13(17)18)3-2-4-10(12)16(8)7-11-14-5-6-19-11/h2-6H,7H2,1H3,(H,17,18). The molecule has 6 heteroatoms. The molecule has 0 unspecified atom stereocenters. The highest BCUT2D eigenvalue weighted by Gasteiger charge is 2.15. The van der Waals surface area contributed by atoms with Crippen molar-refractivity contribution < 1.29 is 9.90 Å². The van der Waals surface area contributed by atoms with E-state index in [4.69, 9.17) is 0 Å². The molecule has 1 aromatic carbocycles. The molecule has 0 fully saturated rings. The van der Waals surface area contributed by atoms with E-state index in [0.717, 1.165) is 16.3 Å². The lowest BCUT2D eigenvalue weighted by Crippen LogP contribution is -2.01. The van der Waals surface area contributed by atoms with Gasteiger partial charge in [-0.1, -0.05) is 6.07 Å². The molecular formula is C13H11N3O2S. The summed E-state index contributed by atoms with van der Waals surface area (Å²) in [6, 6.07) is 5.20. The number of rotatable bonds is 3. The monoisotopic (exact) mass is 273 g/mol. The molecule has 0 radical (unpaired) electrons. The van der Waals surface area contributed by atoms with Gasteiger partial charge in [0.15, 0.2) is 0 Å². The zero-order chi connectivity index (χ0) is 13.4. The minimum absolute atomic E-state index is 0.235. The van der Waals surface area contributed by atoms with Gasteiger partial charge in [-0.05, 0) is 19.1 Å². The number of nitrogens with zero attached hydrogens (tertiary/aromatic N) is 3. The van der Waals surface area contributed by atoms with Crippen molar-refractivity contribution in [2.24, 2.45) is 0 Å². The number of aromatic nitrogens is 3. The first-order valence-electron chi connectivity index (χ1n) is 5.74. The van der Waals surface area contributed by atoms with Gasteiger partial charge in [-0.25, -0.2) is 14.8 Å². The molecule has 96 valence electrons. The first-order chi connectivity index (χ1) is 9.16. The summed E-state index contributed by atoms with van der Waals surface area (Å²) in [4.78, 5) is 19.8. The molecule has 0 bridgehead atoms. The van der Waals surface area contributed by atoms with Gasteiger partial charge in [-0.3, -0.25) is 0 Å². The Morgan fingerprint density at radius 3 is 3.00 bits per heavy atom. The van der Waals surface area contributed by atoms with Gasteiger partial charge in [0.1, 0.15) is 16.3 Å². The normalized spacial score (nSPS) is 11.0. The van der Waals surface area contributed by atoms with Gasteiger partial charge in [0.2, 0.25) is 0 Å². The van der Waals surface area contributed by atoms with Crippen LogP contribution in [0.15, 0.2) is 29.8 Å². The average molecular weight is 273 g/mol.